The highest BCUT2D eigenvalue weighted by atomic mass is 32.1. The average molecular weight is 290 g/mol. The quantitative estimate of drug-likeness (QED) is 0.441. The highest BCUT2D eigenvalue weighted by molar-refractivity contribution is 7.72. The van der Waals surface area contributed by atoms with Gasteiger partial charge in [0.1, 0.15) is 0 Å². The van der Waals surface area contributed by atoms with Gasteiger partial charge in [-0.25, -0.2) is 0 Å². The van der Waals surface area contributed by atoms with Crippen molar-refractivity contribution >= 4 is 26.9 Å². The molecule has 1 aromatic heterocycles. The summed E-state index contributed by atoms with van der Waals surface area (Å²) >= 11 is 0.685. The van der Waals surface area contributed by atoms with Gasteiger partial charge in [-0.15, -0.1) is 0 Å². The van der Waals surface area contributed by atoms with Crippen LogP contribution in [0.1, 0.15) is 5.69 Å². The first-order valence-electron chi connectivity index (χ1n) is 3.68. The molecule has 0 saturated heterocycles. The van der Waals surface area contributed by atoms with Gasteiger partial charge >= 0.3 is 15.2 Å². The van der Waals surface area contributed by atoms with E-state index in [4.69, 9.17) is 19.6 Å². The number of rotatable bonds is 4. The van der Waals surface area contributed by atoms with Crippen molar-refractivity contribution in [2.24, 2.45) is 0 Å². The van der Waals surface area contributed by atoms with Gasteiger partial charge in [-0.2, -0.15) is 8.75 Å². The summed E-state index contributed by atoms with van der Waals surface area (Å²) in [6, 6.07) is 0. The molecule has 0 fully saturated rings. The minimum Gasteiger partial charge on any atom is -0.367 e. The Hall–Kier alpha value is -0.180. The van der Waals surface area contributed by atoms with E-state index in [-0.39, 0.29) is 5.69 Å². The second kappa shape index (κ2) is 4.25. The Morgan fingerprint density at radius 2 is 1.75 bits per heavy atom. The van der Waals surface area contributed by atoms with Crippen LogP contribution in [-0.2, 0) is 15.6 Å². The monoisotopic (exact) mass is 290 g/mol. The molecule has 0 unspecified atom stereocenters. The van der Waals surface area contributed by atoms with Gasteiger partial charge in [0, 0.05) is 6.42 Å². The van der Waals surface area contributed by atoms with Gasteiger partial charge in [0.2, 0.25) is 0 Å². The highest BCUT2D eigenvalue weighted by Gasteiger charge is 2.59. The molecule has 0 aliphatic carbocycles. The molecule has 0 aliphatic heterocycles. The number of aliphatic hydroxyl groups is 1. The third kappa shape index (κ3) is 2.55. The fraction of sp³-hybridized carbons (Fsp3) is 0.500. The van der Waals surface area contributed by atoms with Crippen molar-refractivity contribution in [3.63, 3.8) is 0 Å². The highest BCUT2D eigenvalue weighted by Crippen LogP contribution is 2.68. The van der Waals surface area contributed by atoms with E-state index in [1.807, 2.05) is 0 Å². The zero-order chi connectivity index (χ0) is 12.6. The lowest BCUT2D eigenvalue weighted by Gasteiger charge is -2.28. The lowest BCUT2D eigenvalue weighted by molar-refractivity contribution is 0.130. The summed E-state index contributed by atoms with van der Waals surface area (Å²) in [5.41, 5.74) is -0.112. The number of hydrogen-bond acceptors (Lipinski definition) is 6. The Kier molecular flexibility index (Phi) is 3.68. The number of hydrogen-bond donors (Lipinski definition) is 5. The van der Waals surface area contributed by atoms with Crippen LogP contribution in [0.25, 0.3) is 0 Å². The summed E-state index contributed by atoms with van der Waals surface area (Å²) < 4.78 is 28.9. The van der Waals surface area contributed by atoms with E-state index in [1.165, 1.54) is 0 Å². The van der Waals surface area contributed by atoms with Crippen molar-refractivity contribution in [1.29, 1.82) is 0 Å². The Labute approximate surface area is 93.4 Å². The maximum atomic E-state index is 10.9. The largest absolute Gasteiger partial charge is 0.369 e. The van der Waals surface area contributed by atoms with Gasteiger partial charge in [-0.3, -0.25) is 9.13 Å². The van der Waals surface area contributed by atoms with Gasteiger partial charge in [0.15, 0.2) is 0 Å². The molecule has 92 valence electrons. The van der Waals surface area contributed by atoms with Gasteiger partial charge in [0.05, 0.1) is 23.6 Å². The van der Waals surface area contributed by atoms with Crippen LogP contribution in [0.15, 0.2) is 6.20 Å². The molecule has 1 rings (SSSR count). The van der Waals surface area contributed by atoms with Crippen molar-refractivity contribution < 1.29 is 33.8 Å². The Morgan fingerprint density at radius 1 is 1.25 bits per heavy atom. The first-order chi connectivity index (χ1) is 7.08. The smallest absolute Gasteiger partial charge is 0.367 e. The Morgan fingerprint density at radius 3 is 2.06 bits per heavy atom. The van der Waals surface area contributed by atoms with E-state index in [0.29, 0.717) is 11.7 Å². The average Bonchev–Trinajstić information content (AvgIpc) is 2.52. The van der Waals surface area contributed by atoms with Gasteiger partial charge in [-0.1, -0.05) is 0 Å². The number of aromatic nitrogens is 2. The van der Waals surface area contributed by atoms with Gasteiger partial charge in [0.25, 0.3) is 5.08 Å². The molecule has 1 aromatic rings. The molecule has 0 aromatic carbocycles. The molecular formula is C4H8N2O7P2S. The molecule has 0 aliphatic rings. The van der Waals surface area contributed by atoms with Crippen LogP contribution in [0.3, 0.4) is 0 Å². The molecule has 12 heteroatoms. The zero-order valence-electron chi connectivity index (χ0n) is 7.53. The van der Waals surface area contributed by atoms with Crippen LogP contribution < -0.4 is 0 Å². The van der Waals surface area contributed by atoms with E-state index >= 15 is 0 Å². The van der Waals surface area contributed by atoms with Crippen LogP contribution in [0.5, 0.6) is 0 Å². The fourth-order valence-electron chi connectivity index (χ4n) is 0.881. The van der Waals surface area contributed by atoms with Crippen LogP contribution >= 0.6 is 26.9 Å². The summed E-state index contributed by atoms with van der Waals surface area (Å²) in [6.45, 7) is 0. The molecule has 0 amide bonds. The standard InChI is InChI=1S/C4H8N2O7P2S/c7-4(14(8,9)10,15(11,12)13)1-3-2-5-16-6-3/h2,7H,1H2,(H2,8,9,10)(H2,11,12,13). The van der Waals surface area contributed by atoms with E-state index in [0.717, 1.165) is 6.20 Å². The van der Waals surface area contributed by atoms with Crippen molar-refractivity contribution in [2.45, 2.75) is 11.5 Å². The van der Waals surface area contributed by atoms with E-state index < -0.39 is 26.7 Å². The van der Waals surface area contributed by atoms with Crippen molar-refractivity contribution in [3.05, 3.63) is 11.9 Å². The topological polar surface area (TPSA) is 161 Å². The normalized spacial score (nSPS) is 14.1. The molecule has 0 atom stereocenters. The summed E-state index contributed by atoms with van der Waals surface area (Å²) in [7, 11) is -10.8. The minimum atomic E-state index is -5.42. The molecular weight excluding hydrogens is 282 g/mol. The maximum absolute atomic E-state index is 10.9. The second-order valence-electron chi connectivity index (χ2n) is 2.94. The van der Waals surface area contributed by atoms with Crippen LogP contribution in [0.2, 0.25) is 0 Å². The predicted octanol–water partition coefficient (Wildman–Crippen LogP) is -0.918. The van der Waals surface area contributed by atoms with E-state index in [2.05, 4.69) is 8.75 Å². The second-order valence-corrected chi connectivity index (χ2v) is 7.50. The van der Waals surface area contributed by atoms with Crippen molar-refractivity contribution in [3.8, 4) is 0 Å². The van der Waals surface area contributed by atoms with Crippen molar-refractivity contribution in [1.82, 2.24) is 8.75 Å². The van der Waals surface area contributed by atoms with Crippen LogP contribution in [0.4, 0.5) is 0 Å². The lowest BCUT2D eigenvalue weighted by Crippen LogP contribution is -2.31. The molecule has 9 nitrogen and oxygen atoms in total. The first kappa shape index (κ1) is 13.9. The Balaban J connectivity index is 3.18. The van der Waals surface area contributed by atoms with Crippen molar-refractivity contribution in [2.75, 3.05) is 0 Å². The van der Waals surface area contributed by atoms with E-state index in [1.54, 1.807) is 0 Å². The summed E-state index contributed by atoms with van der Waals surface area (Å²) in [4.78, 5) is 35.2. The molecule has 1 heterocycles. The number of nitrogens with zero attached hydrogens (tertiary/aromatic N) is 2. The lowest BCUT2D eigenvalue weighted by atomic mass is 10.3. The van der Waals surface area contributed by atoms with Gasteiger partial charge < -0.3 is 24.7 Å². The van der Waals surface area contributed by atoms with Gasteiger partial charge in [-0.05, 0) is 0 Å². The molecule has 16 heavy (non-hydrogen) atoms. The van der Waals surface area contributed by atoms with Crippen LogP contribution in [0, 0.1) is 0 Å². The van der Waals surface area contributed by atoms with E-state index in [9.17, 15) is 14.2 Å². The zero-order valence-corrected chi connectivity index (χ0v) is 10.1. The predicted molar refractivity (Wildman–Crippen MR) is 52.7 cm³/mol. The third-order valence-corrected chi connectivity index (χ3v) is 6.02. The molecule has 0 spiro atoms. The summed E-state index contributed by atoms with van der Waals surface area (Å²) in [6.07, 6.45) is 0.0824. The fourth-order valence-corrected chi connectivity index (χ4v) is 3.41. The SMILES string of the molecule is O=P(O)(O)C(O)(Cc1cnsn1)P(=O)(O)O. The molecule has 0 saturated carbocycles. The molecule has 0 bridgehead atoms. The first-order valence-corrected chi connectivity index (χ1v) is 7.63. The summed E-state index contributed by atoms with van der Waals surface area (Å²) in [5.74, 6) is 0. The Bertz CT molecular complexity index is 427. The maximum Gasteiger partial charge on any atom is 0.369 e. The molecule has 0 radical (unpaired) electrons. The summed E-state index contributed by atoms with van der Waals surface area (Å²) in [5, 5.41) is 6.00. The minimum absolute atomic E-state index is 0.112. The molecule has 5 N–H and O–H groups in total. The third-order valence-electron chi connectivity index (χ3n) is 1.76. The van der Waals surface area contributed by atoms with Crippen LogP contribution in [-0.4, -0.2) is 38.5 Å².